The molecule has 2 N–H and O–H groups in total. The third-order valence-corrected chi connectivity index (χ3v) is 5.12. The van der Waals surface area contributed by atoms with Crippen LogP contribution in [0.5, 0.6) is 0 Å². The van der Waals surface area contributed by atoms with Gasteiger partial charge in [0, 0.05) is 31.8 Å². The second kappa shape index (κ2) is 9.19. The van der Waals surface area contributed by atoms with Crippen LogP contribution in [0.4, 0.5) is 0 Å². The standard InChI is InChI=1S/C21H32N6O/c1-21(2,3)19-16(9-8-12-28-19)13-23-20(22-4)24-14-18-26-25-15-27(18)17-10-6-5-7-11-17/h5-7,10-11,15-16,19H,8-9,12-14H2,1-4H3,(H2,22,23,24). The van der Waals surface area contributed by atoms with Crippen molar-refractivity contribution in [3.63, 3.8) is 0 Å². The Morgan fingerprint density at radius 2 is 2.04 bits per heavy atom. The van der Waals surface area contributed by atoms with E-state index in [2.05, 4.69) is 46.6 Å². The third-order valence-electron chi connectivity index (χ3n) is 5.12. The van der Waals surface area contributed by atoms with Gasteiger partial charge in [0.2, 0.25) is 0 Å². The number of nitrogens with zero attached hydrogens (tertiary/aromatic N) is 4. The fourth-order valence-electron chi connectivity index (χ4n) is 3.80. The van der Waals surface area contributed by atoms with Crippen LogP contribution in [0.1, 0.15) is 39.4 Å². The van der Waals surface area contributed by atoms with Gasteiger partial charge in [-0.3, -0.25) is 9.56 Å². The molecule has 1 fully saturated rings. The number of para-hydroxylation sites is 1. The number of aliphatic imine (C=N–C) groups is 1. The molecule has 0 bridgehead atoms. The van der Waals surface area contributed by atoms with E-state index in [1.54, 1.807) is 13.4 Å². The van der Waals surface area contributed by atoms with Crippen LogP contribution in [-0.2, 0) is 11.3 Å². The fraction of sp³-hybridized carbons (Fsp3) is 0.571. The van der Waals surface area contributed by atoms with Crippen molar-refractivity contribution in [1.29, 1.82) is 0 Å². The maximum Gasteiger partial charge on any atom is 0.191 e. The van der Waals surface area contributed by atoms with E-state index < -0.39 is 0 Å². The summed E-state index contributed by atoms with van der Waals surface area (Å²) in [7, 11) is 1.79. The first-order chi connectivity index (χ1) is 13.5. The van der Waals surface area contributed by atoms with Gasteiger partial charge in [-0.25, -0.2) is 0 Å². The van der Waals surface area contributed by atoms with Crippen molar-refractivity contribution >= 4 is 5.96 Å². The lowest BCUT2D eigenvalue weighted by Crippen LogP contribution is -2.47. The van der Waals surface area contributed by atoms with Crippen LogP contribution < -0.4 is 10.6 Å². The highest BCUT2D eigenvalue weighted by Crippen LogP contribution is 2.33. The summed E-state index contributed by atoms with van der Waals surface area (Å²) < 4.78 is 8.06. The smallest absolute Gasteiger partial charge is 0.191 e. The number of guanidine groups is 1. The molecule has 1 aliphatic rings. The van der Waals surface area contributed by atoms with E-state index in [0.29, 0.717) is 12.5 Å². The van der Waals surface area contributed by atoms with Gasteiger partial charge in [-0.05, 0) is 30.4 Å². The van der Waals surface area contributed by atoms with Crippen LogP contribution in [0.3, 0.4) is 0 Å². The van der Waals surface area contributed by atoms with Crippen LogP contribution >= 0.6 is 0 Å². The molecule has 0 amide bonds. The third kappa shape index (κ3) is 5.10. The van der Waals surface area contributed by atoms with Gasteiger partial charge in [0.05, 0.1) is 12.6 Å². The van der Waals surface area contributed by atoms with Crippen molar-refractivity contribution in [2.45, 2.75) is 46.3 Å². The number of ether oxygens (including phenoxy) is 1. The number of hydrogen-bond donors (Lipinski definition) is 2. The zero-order chi connectivity index (χ0) is 20.0. The quantitative estimate of drug-likeness (QED) is 0.612. The first-order valence-electron chi connectivity index (χ1n) is 9.99. The molecule has 3 rings (SSSR count). The molecule has 28 heavy (non-hydrogen) atoms. The number of benzene rings is 1. The first kappa shape index (κ1) is 20.3. The summed E-state index contributed by atoms with van der Waals surface area (Å²) in [6.45, 7) is 8.99. The molecule has 2 aromatic rings. The Morgan fingerprint density at radius 3 is 2.75 bits per heavy atom. The van der Waals surface area contributed by atoms with Crippen molar-refractivity contribution in [3.8, 4) is 5.69 Å². The molecule has 2 atom stereocenters. The highest BCUT2D eigenvalue weighted by molar-refractivity contribution is 5.79. The molecule has 2 unspecified atom stereocenters. The topological polar surface area (TPSA) is 76.4 Å². The summed E-state index contributed by atoms with van der Waals surface area (Å²) in [5.74, 6) is 2.07. The van der Waals surface area contributed by atoms with Crippen molar-refractivity contribution in [1.82, 2.24) is 25.4 Å². The van der Waals surface area contributed by atoms with Crippen molar-refractivity contribution in [2.24, 2.45) is 16.3 Å². The molecule has 1 aromatic heterocycles. The normalized spacial score (nSPS) is 20.8. The van der Waals surface area contributed by atoms with Gasteiger partial charge in [0.1, 0.15) is 6.33 Å². The van der Waals surface area contributed by atoms with Gasteiger partial charge in [-0.2, -0.15) is 0 Å². The van der Waals surface area contributed by atoms with Gasteiger partial charge in [-0.15, -0.1) is 10.2 Å². The Hall–Kier alpha value is -2.41. The molecule has 1 aromatic carbocycles. The molecule has 152 valence electrons. The lowest BCUT2D eigenvalue weighted by Gasteiger charge is -2.40. The van der Waals surface area contributed by atoms with Crippen LogP contribution in [0, 0.1) is 11.3 Å². The predicted octanol–water partition coefficient (Wildman–Crippen LogP) is 2.77. The lowest BCUT2D eigenvalue weighted by atomic mass is 9.78. The highest BCUT2D eigenvalue weighted by Gasteiger charge is 2.35. The molecule has 0 radical (unpaired) electrons. The van der Waals surface area contributed by atoms with E-state index in [1.807, 2.05) is 34.9 Å². The van der Waals surface area contributed by atoms with Gasteiger partial charge in [-0.1, -0.05) is 39.0 Å². The molecular weight excluding hydrogens is 352 g/mol. The molecule has 0 aliphatic carbocycles. The minimum absolute atomic E-state index is 0.135. The van der Waals surface area contributed by atoms with Crippen molar-refractivity contribution < 1.29 is 4.74 Å². The number of nitrogens with one attached hydrogen (secondary N) is 2. The largest absolute Gasteiger partial charge is 0.377 e. The Kier molecular flexibility index (Phi) is 6.67. The van der Waals surface area contributed by atoms with Gasteiger partial charge < -0.3 is 15.4 Å². The average molecular weight is 385 g/mol. The highest BCUT2D eigenvalue weighted by atomic mass is 16.5. The second-order valence-electron chi connectivity index (χ2n) is 8.32. The molecular formula is C21H32N6O. The van der Waals surface area contributed by atoms with Crippen LogP contribution in [0.25, 0.3) is 5.69 Å². The maximum absolute atomic E-state index is 6.08. The molecule has 7 nitrogen and oxygen atoms in total. The summed E-state index contributed by atoms with van der Waals surface area (Å²) in [6, 6.07) is 10.1. The Bertz CT molecular complexity index is 765. The second-order valence-corrected chi connectivity index (χ2v) is 8.32. The molecule has 0 saturated carbocycles. The molecule has 7 heteroatoms. The number of rotatable bonds is 5. The summed E-state index contributed by atoms with van der Waals surface area (Å²) >= 11 is 0. The Balaban J connectivity index is 1.57. The first-order valence-corrected chi connectivity index (χ1v) is 9.99. The van der Waals surface area contributed by atoms with Crippen LogP contribution in [0.15, 0.2) is 41.7 Å². The SMILES string of the molecule is CN=C(NCc1nncn1-c1ccccc1)NCC1CCCOC1C(C)(C)C. The summed E-state index contributed by atoms with van der Waals surface area (Å²) in [6.07, 6.45) is 4.28. The lowest BCUT2D eigenvalue weighted by molar-refractivity contribution is -0.0835. The number of hydrogen-bond acceptors (Lipinski definition) is 4. The van der Waals surface area contributed by atoms with Crippen LogP contribution in [-0.4, -0.2) is 47.0 Å². The summed E-state index contributed by atoms with van der Waals surface area (Å²) in [5.41, 5.74) is 1.18. The van der Waals surface area contributed by atoms with E-state index in [0.717, 1.165) is 37.0 Å². The van der Waals surface area contributed by atoms with E-state index in [1.165, 1.54) is 6.42 Å². The summed E-state index contributed by atoms with van der Waals surface area (Å²) in [4.78, 5) is 4.36. The van der Waals surface area contributed by atoms with Crippen molar-refractivity contribution in [3.05, 3.63) is 42.5 Å². The zero-order valence-corrected chi connectivity index (χ0v) is 17.4. The maximum atomic E-state index is 6.08. The zero-order valence-electron chi connectivity index (χ0n) is 17.4. The minimum atomic E-state index is 0.135. The number of aromatic nitrogens is 3. The molecule has 0 spiro atoms. The molecule has 2 heterocycles. The average Bonchev–Trinajstić information content (AvgIpc) is 3.17. The van der Waals surface area contributed by atoms with Gasteiger partial charge in [0.15, 0.2) is 11.8 Å². The van der Waals surface area contributed by atoms with Gasteiger partial charge >= 0.3 is 0 Å². The van der Waals surface area contributed by atoms with E-state index in [4.69, 9.17) is 4.74 Å². The Morgan fingerprint density at radius 1 is 1.25 bits per heavy atom. The predicted molar refractivity (Wildman–Crippen MR) is 111 cm³/mol. The van der Waals surface area contributed by atoms with Gasteiger partial charge in [0.25, 0.3) is 0 Å². The summed E-state index contributed by atoms with van der Waals surface area (Å²) in [5, 5.41) is 15.1. The molecule has 1 saturated heterocycles. The van der Waals surface area contributed by atoms with E-state index in [-0.39, 0.29) is 11.5 Å². The molecule has 1 aliphatic heterocycles. The fourth-order valence-corrected chi connectivity index (χ4v) is 3.80. The van der Waals surface area contributed by atoms with E-state index >= 15 is 0 Å². The minimum Gasteiger partial charge on any atom is -0.377 e. The van der Waals surface area contributed by atoms with E-state index in [9.17, 15) is 0 Å². The monoisotopic (exact) mass is 384 g/mol. The van der Waals surface area contributed by atoms with Crippen molar-refractivity contribution in [2.75, 3.05) is 20.2 Å². The Labute approximate surface area is 167 Å². The van der Waals surface area contributed by atoms with Crippen LogP contribution in [0.2, 0.25) is 0 Å².